The van der Waals surface area contributed by atoms with Gasteiger partial charge < -0.3 is 14.6 Å². The highest BCUT2D eigenvalue weighted by molar-refractivity contribution is 6.31. The van der Waals surface area contributed by atoms with Crippen LogP contribution in [0.25, 0.3) is 10.9 Å². The zero-order chi connectivity index (χ0) is 12.5. The normalized spacial score (nSPS) is 21.1. The first-order valence-electron chi connectivity index (χ1n) is 6.33. The highest BCUT2D eigenvalue weighted by Crippen LogP contribution is 2.27. The molecule has 1 fully saturated rings. The molecule has 0 saturated carbocycles. The van der Waals surface area contributed by atoms with Gasteiger partial charge in [0.2, 0.25) is 0 Å². The van der Waals surface area contributed by atoms with Gasteiger partial charge in [-0.2, -0.15) is 0 Å². The Balaban J connectivity index is 2.03. The van der Waals surface area contributed by atoms with Crippen LogP contribution in [-0.4, -0.2) is 24.3 Å². The van der Waals surface area contributed by atoms with Gasteiger partial charge in [-0.05, 0) is 31.2 Å². The van der Waals surface area contributed by atoms with Gasteiger partial charge in [-0.3, -0.25) is 0 Å². The summed E-state index contributed by atoms with van der Waals surface area (Å²) in [6.45, 7) is 2.73. The molecule has 0 aliphatic carbocycles. The number of aryl methyl sites for hydroxylation is 1. The maximum atomic E-state index is 6.05. The minimum absolute atomic E-state index is 0.128. The van der Waals surface area contributed by atoms with Crippen LogP contribution in [0.2, 0.25) is 5.02 Å². The number of ether oxygens (including phenoxy) is 1. The first-order chi connectivity index (χ1) is 8.75. The summed E-state index contributed by atoms with van der Waals surface area (Å²) in [7, 11) is 2.07. The van der Waals surface area contributed by atoms with E-state index in [4.69, 9.17) is 16.3 Å². The van der Waals surface area contributed by atoms with E-state index in [1.165, 1.54) is 11.1 Å². The number of nitrogens with one attached hydrogen (secondary N) is 1. The summed E-state index contributed by atoms with van der Waals surface area (Å²) in [5, 5.41) is 5.40. The molecule has 18 heavy (non-hydrogen) atoms. The summed E-state index contributed by atoms with van der Waals surface area (Å²) in [4.78, 5) is 0. The number of rotatable bonds is 1. The number of aromatic nitrogens is 1. The number of hydrogen-bond acceptors (Lipinski definition) is 2. The van der Waals surface area contributed by atoms with Crippen LogP contribution in [0.1, 0.15) is 18.2 Å². The van der Waals surface area contributed by atoms with Crippen molar-refractivity contribution >= 4 is 22.5 Å². The molecule has 1 aromatic carbocycles. The van der Waals surface area contributed by atoms with Crippen molar-refractivity contribution in [3.8, 4) is 0 Å². The van der Waals surface area contributed by atoms with Crippen molar-refractivity contribution in [2.75, 3.05) is 19.7 Å². The molecule has 3 nitrogen and oxygen atoms in total. The Morgan fingerprint density at radius 1 is 1.39 bits per heavy atom. The Kier molecular flexibility index (Phi) is 3.29. The predicted octanol–water partition coefficient (Wildman–Crippen LogP) is 2.88. The van der Waals surface area contributed by atoms with Crippen LogP contribution in [0.4, 0.5) is 0 Å². The molecule has 1 aromatic heterocycles. The molecule has 0 spiro atoms. The summed E-state index contributed by atoms with van der Waals surface area (Å²) in [5.74, 6) is 0. The molecule has 2 heterocycles. The summed E-state index contributed by atoms with van der Waals surface area (Å²) >= 11 is 6.05. The van der Waals surface area contributed by atoms with Gasteiger partial charge in [-0.15, -0.1) is 0 Å². The molecule has 1 saturated heterocycles. The third kappa shape index (κ3) is 2.14. The highest BCUT2D eigenvalue weighted by Gasteiger charge is 2.19. The zero-order valence-electron chi connectivity index (χ0n) is 10.4. The summed E-state index contributed by atoms with van der Waals surface area (Å²) < 4.78 is 8.09. The van der Waals surface area contributed by atoms with Crippen molar-refractivity contribution in [3.05, 3.63) is 35.0 Å². The Hall–Kier alpha value is -1.03. The minimum Gasteiger partial charge on any atom is -0.371 e. The zero-order valence-corrected chi connectivity index (χ0v) is 11.2. The molecular weight excluding hydrogens is 248 g/mol. The lowest BCUT2D eigenvalue weighted by atomic mass is 10.2. The molecule has 96 valence electrons. The molecule has 1 unspecified atom stereocenters. The van der Waals surface area contributed by atoms with E-state index in [1.807, 2.05) is 12.1 Å². The first-order valence-corrected chi connectivity index (χ1v) is 6.71. The average molecular weight is 265 g/mol. The third-order valence-corrected chi connectivity index (χ3v) is 3.76. The second-order valence-electron chi connectivity index (χ2n) is 4.75. The maximum Gasteiger partial charge on any atom is 0.110 e. The second-order valence-corrected chi connectivity index (χ2v) is 5.18. The molecule has 4 heteroatoms. The molecule has 1 aliphatic rings. The molecular formula is C14H17ClN2O. The van der Waals surface area contributed by atoms with E-state index < -0.39 is 0 Å². The SMILES string of the molecule is Cn1c(C2CNCCCO2)cc2ccc(Cl)cc21. The second kappa shape index (κ2) is 4.92. The third-order valence-electron chi connectivity index (χ3n) is 3.52. The predicted molar refractivity (Wildman–Crippen MR) is 74.1 cm³/mol. The molecule has 1 aliphatic heterocycles. The van der Waals surface area contributed by atoms with E-state index in [-0.39, 0.29) is 6.10 Å². The minimum atomic E-state index is 0.128. The number of fused-ring (bicyclic) bond motifs is 1. The fourth-order valence-electron chi connectivity index (χ4n) is 2.54. The van der Waals surface area contributed by atoms with Crippen LogP contribution < -0.4 is 5.32 Å². The van der Waals surface area contributed by atoms with Crippen molar-refractivity contribution < 1.29 is 4.74 Å². The molecule has 3 rings (SSSR count). The largest absolute Gasteiger partial charge is 0.371 e. The lowest BCUT2D eigenvalue weighted by Gasteiger charge is -2.16. The Morgan fingerprint density at radius 2 is 2.28 bits per heavy atom. The van der Waals surface area contributed by atoms with Crippen molar-refractivity contribution in [2.24, 2.45) is 7.05 Å². The van der Waals surface area contributed by atoms with E-state index in [1.54, 1.807) is 0 Å². The van der Waals surface area contributed by atoms with Gasteiger partial charge in [0.25, 0.3) is 0 Å². The van der Waals surface area contributed by atoms with Gasteiger partial charge >= 0.3 is 0 Å². The summed E-state index contributed by atoms with van der Waals surface area (Å²) in [6.07, 6.45) is 1.20. The number of benzene rings is 1. The lowest BCUT2D eigenvalue weighted by molar-refractivity contribution is 0.0623. The van der Waals surface area contributed by atoms with Crippen LogP contribution in [0, 0.1) is 0 Å². The van der Waals surface area contributed by atoms with Gasteiger partial charge in [0.1, 0.15) is 6.10 Å². The Bertz CT molecular complexity index is 556. The van der Waals surface area contributed by atoms with Crippen LogP contribution in [-0.2, 0) is 11.8 Å². The standard InChI is InChI=1S/C14H17ClN2O/c1-17-12-8-11(15)4-3-10(12)7-13(17)14-9-16-5-2-6-18-14/h3-4,7-8,14,16H,2,5-6,9H2,1H3. The van der Waals surface area contributed by atoms with Crippen molar-refractivity contribution in [2.45, 2.75) is 12.5 Å². The van der Waals surface area contributed by atoms with E-state index in [0.717, 1.165) is 36.7 Å². The number of halogens is 1. The quantitative estimate of drug-likeness (QED) is 0.857. The van der Waals surface area contributed by atoms with Crippen LogP contribution in [0.3, 0.4) is 0 Å². The molecule has 0 bridgehead atoms. The fourth-order valence-corrected chi connectivity index (χ4v) is 2.70. The molecule has 1 N–H and O–H groups in total. The lowest BCUT2D eigenvalue weighted by Crippen LogP contribution is -2.21. The Morgan fingerprint density at radius 3 is 3.17 bits per heavy atom. The van der Waals surface area contributed by atoms with Crippen molar-refractivity contribution in [1.82, 2.24) is 9.88 Å². The summed E-state index contributed by atoms with van der Waals surface area (Å²) in [5.41, 5.74) is 2.37. The van der Waals surface area contributed by atoms with E-state index in [9.17, 15) is 0 Å². The molecule has 0 amide bonds. The van der Waals surface area contributed by atoms with Crippen LogP contribution in [0.5, 0.6) is 0 Å². The number of hydrogen-bond donors (Lipinski definition) is 1. The molecule has 2 aromatic rings. The van der Waals surface area contributed by atoms with Gasteiger partial charge in [-0.25, -0.2) is 0 Å². The van der Waals surface area contributed by atoms with Gasteiger partial charge in [0, 0.05) is 41.8 Å². The highest BCUT2D eigenvalue weighted by atomic mass is 35.5. The topological polar surface area (TPSA) is 26.2 Å². The smallest absolute Gasteiger partial charge is 0.110 e. The molecule has 0 radical (unpaired) electrons. The number of nitrogens with zero attached hydrogens (tertiary/aromatic N) is 1. The summed E-state index contributed by atoms with van der Waals surface area (Å²) in [6, 6.07) is 8.19. The monoisotopic (exact) mass is 264 g/mol. The van der Waals surface area contributed by atoms with Gasteiger partial charge in [0.05, 0.1) is 0 Å². The van der Waals surface area contributed by atoms with Gasteiger partial charge in [0.15, 0.2) is 0 Å². The van der Waals surface area contributed by atoms with E-state index in [0.29, 0.717) is 0 Å². The first kappa shape index (κ1) is 12.0. The van der Waals surface area contributed by atoms with Crippen LogP contribution >= 0.6 is 11.6 Å². The Labute approximate surface area is 112 Å². The average Bonchev–Trinajstić information content (AvgIpc) is 2.59. The van der Waals surface area contributed by atoms with E-state index in [2.05, 4.69) is 29.1 Å². The van der Waals surface area contributed by atoms with Gasteiger partial charge in [-0.1, -0.05) is 17.7 Å². The van der Waals surface area contributed by atoms with Crippen molar-refractivity contribution in [3.63, 3.8) is 0 Å². The van der Waals surface area contributed by atoms with E-state index >= 15 is 0 Å². The maximum absolute atomic E-state index is 6.05. The fraction of sp³-hybridized carbons (Fsp3) is 0.429. The molecule has 1 atom stereocenters. The van der Waals surface area contributed by atoms with Crippen molar-refractivity contribution in [1.29, 1.82) is 0 Å². The van der Waals surface area contributed by atoms with Crippen LogP contribution in [0.15, 0.2) is 24.3 Å².